The Labute approximate surface area is 125 Å². The molecule has 0 saturated carbocycles. The number of rotatable bonds is 8. The molecule has 1 unspecified atom stereocenters. The largest absolute Gasteiger partial charge is 0.481 e. The Morgan fingerprint density at radius 2 is 2.30 bits per heavy atom. The number of hydrogen-bond donors (Lipinski definition) is 2. The normalized spacial score (nSPS) is 12.0. The number of aliphatic hydroxyl groups excluding tert-OH is 1. The number of carbonyl (C=O) groups is 1. The summed E-state index contributed by atoms with van der Waals surface area (Å²) in [6, 6.07) is 4.02. The van der Waals surface area contributed by atoms with Gasteiger partial charge in [0.25, 0.3) is 5.91 Å². The number of amides is 1. The van der Waals surface area contributed by atoms with E-state index >= 15 is 0 Å². The van der Waals surface area contributed by atoms with Gasteiger partial charge in [0.05, 0.1) is 12.6 Å². The summed E-state index contributed by atoms with van der Waals surface area (Å²) in [6.07, 6.45) is 0.381. The Bertz CT molecular complexity index is 438. The summed E-state index contributed by atoms with van der Waals surface area (Å²) < 4.78 is 24.1. The van der Waals surface area contributed by atoms with Gasteiger partial charge in [-0.05, 0) is 24.6 Å². The highest BCUT2D eigenvalue weighted by Gasteiger charge is 2.13. The average molecular weight is 350 g/mol. The number of ether oxygens (including phenoxy) is 2. The third kappa shape index (κ3) is 5.85. The molecule has 1 amide bonds. The third-order valence-electron chi connectivity index (χ3n) is 2.46. The summed E-state index contributed by atoms with van der Waals surface area (Å²) >= 11 is 3.13. The summed E-state index contributed by atoms with van der Waals surface area (Å²) in [5.74, 6) is -0.937. The molecule has 112 valence electrons. The second kappa shape index (κ2) is 8.89. The molecule has 5 nitrogen and oxygen atoms in total. The maximum absolute atomic E-state index is 13.5. The van der Waals surface area contributed by atoms with Crippen LogP contribution in [0.3, 0.4) is 0 Å². The van der Waals surface area contributed by atoms with Crippen LogP contribution in [0, 0.1) is 5.82 Å². The topological polar surface area (TPSA) is 67.8 Å². The van der Waals surface area contributed by atoms with E-state index in [0.717, 1.165) is 0 Å². The van der Waals surface area contributed by atoms with Gasteiger partial charge in [-0.15, -0.1) is 0 Å². The van der Waals surface area contributed by atoms with Crippen molar-refractivity contribution < 1.29 is 23.8 Å². The minimum atomic E-state index is -0.545. The number of halogens is 2. The van der Waals surface area contributed by atoms with E-state index in [4.69, 9.17) is 14.6 Å². The van der Waals surface area contributed by atoms with Crippen LogP contribution in [0.5, 0.6) is 5.75 Å². The van der Waals surface area contributed by atoms with Crippen molar-refractivity contribution in [2.45, 2.75) is 12.5 Å². The number of aliphatic hydroxyl groups is 1. The lowest BCUT2D eigenvalue weighted by Gasteiger charge is -2.17. The SMILES string of the molecule is COCC(CCO)NC(=O)COc1ccc(Br)cc1F. The number of methoxy groups -OCH3 is 1. The monoisotopic (exact) mass is 349 g/mol. The number of carbonyl (C=O) groups excluding carboxylic acids is 1. The molecule has 0 radical (unpaired) electrons. The van der Waals surface area contributed by atoms with E-state index in [1.807, 2.05) is 0 Å². The standard InChI is InChI=1S/C13H17BrFNO4/c1-19-7-10(4-5-17)16-13(18)8-20-12-3-2-9(14)6-11(12)15/h2-3,6,10,17H,4-5,7-8H2,1H3,(H,16,18). The molecular weight excluding hydrogens is 333 g/mol. The molecule has 0 fully saturated rings. The molecule has 1 aromatic carbocycles. The van der Waals surface area contributed by atoms with E-state index in [1.54, 1.807) is 6.07 Å². The highest BCUT2D eigenvalue weighted by molar-refractivity contribution is 9.10. The van der Waals surface area contributed by atoms with Crippen molar-refractivity contribution in [1.82, 2.24) is 5.32 Å². The van der Waals surface area contributed by atoms with Gasteiger partial charge in [-0.1, -0.05) is 15.9 Å². The number of hydrogen-bond acceptors (Lipinski definition) is 4. The summed E-state index contributed by atoms with van der Waals surface area (Å²) in [5.41, 5.74) is 0. The fraction of sp³-hybridized carbons (Fsp3) is 0.462. The molecule has 0 bridgehead atoms. The van der Waals surface area contributed by atoms with Crippen molar-refractivity contribution in [1.29, 1.82) is 0 Å². The predicted octanol–water partition coefficient (Wildman–Crippen LogP) is 1.48. The molecule has 0 aliphatic heterocycles. The predicted molar refractivity (Wildman–Crippen MR) is 75.1 cm³/mol. The first-order valence-electron chi connectivity index (χ1n) is 6.03. The minimum Gasteiger partial charge on any atom is -0.481 e. The van der Waals surface area contributed by atoms with Crippen LogP contribution >= 0.6 is 15.9 Å². The second-order valence-corrected chi connectivity index (χ2v) is 5.01. The van der Waals surface area contributed by atoms with Gasteiger partial charge in [-0.2, -0.15) is 0 Å². The van der Waals surface area contributed by atoms with Crippen LogP contribution in [0.2, 0.25) is 0 Å². The van der Waals surface area contributed by atoms with Crippen LogP contribution in [0.1, 0.15) is 6.42 Å². The van der Waals surface area contributed by atoms with E-state index < -0.39 is 11.7 Å². The lowest BCUT2D eigenvalue weighted by molar-refractivity contribution is -0.124. The molecule has 1 rings (SSSR count). The van der Waals surface area contributed by atoms with Gasteiger partial charge >= 0.3 is 0 Å². The molecule has 1 atom stereocenters. The molecule has 0 aliphatic rings. The van der Waals surface area contributed by atoms with Crippen LogP contribution in [0.15, 0.2) is 22.7 Å². The maximum atomic E-state index is 13.5. The highest BCUT2D eigenvalue weighted by Crippen LogP contribution is 2.21. The molecule has 2 N–H and O–H groups in total. The van der Waals surface area contributed by atoms with Crippen molar-refractivity contribution >= 4 is 21.8 Å². The first kappa shape index (κ1) is 16.9. The molecule has 20 heavy (non-hydrogen) atoms. The number of benzene rings is 1. The Kier molecular flexibility index (Phi) is 7.50. The molecule has 0 heterocycles. The van der Waals surface area contributed by atoms with E-state index in [1.165, 1.54) is 19.2 Å². The van der Waals surface area contributed by atoms with Gasteiger partial charge < -0.3 is 19.9 Å². The van der Waals surface area contributed by atoms with E-state index in [2.05, 4.69) is 21.2 Å². The van der Waals surface area contributed by atoms with Crippen LogP contribution in [-0.2, 0) is 9.53 Å². The van der Waals surface area contributed by atoms with Gasteiger partial charge in [0.1, 0.15) is 0 Å². The van der Waals surface area contributed by atoms with Gasteiger partial charge in [0.2, 0.25) is 0 Å². The Morgan fingerprint density at radius 3 is 2.90 bits per heavy atom. The fourth-order valence-corrected chi connectivity index (χ4v) is 1.89. The van der Waals surface area contributed by atoms with Crippen LogP contribution in [0.4, 0.5) is 4.39 Å². The summed E-state index contributed by atoms with van der Waals surface area (Å²) in [6.45, 7) is -0.0698. The molecular formula is C13H17BrFNO4. The Hall–Kier alpha value is -1.18. The van der Waals surface area contributed by atoms with Crippen LogP contribution in [0.25, 0.3) is 0 Å². The third-order valence-corrected chi connectivity index (χ3v) is 2.96. The molecule has 0 saturated heterocycles. The van der Waals surface area contributed by atoms with Crippen molar-refractivity contribution in [3.8, 4) is 5.75 Å². The average Bonchev–Trinajstić information content (AvgIpc) is 2.38. The first-order valence-corrected chi connectivity index (χ1v) is 6.83. The Balaban J connectivity index is 2.45. The van der Waals surface area contributed by atoms with E-state index in [9.17, 15) is 9.18 Å². The summed E-state index contributed by atoms with van der Waals surface area (Å²) in [7, 11) is 1.50. The van der Waals surface area contributed by atoms with Crippen molar-refractivity contribution in [2.75, 3.05) is 26.9 Å². The molecule has 0 aliphatic carbocycles. The van der Waals surface area contributed by atoms with E-state index in [-0.39, 0.29) is 25.0 Å². The van der Waals surface area contributed by atoms with E-state index in [0.29, 0.717) is 17.5 Å². The zero-order valence-electron chi connectivity index (χ0n) is 11.1. The smallest absolute Gasteiger partial charge is 0.258 e. The second-order valence-electron chi connectivity index (χ2n) is 4.10. The molecule has 0 spiro atoms. The lowest BCUT2D eigenvalue weighted by atomic mass is 10.2. The quantitative estimate of drug-likeness (QED) is 0.745. The first-order chi connectivity index (χ1) is 9.56. The number of nitrogens with one attached hydrogen (secondary N) is 1. The van der Waals surface area contributed by atoms with Gasteiger partial charge in [0.15, 0.2) is 18.2 Å². The fourth-order valence-electron chi connectivity index (χ4n) is 1.56. The molecule has 0 aromatic heterocycles. The maximum Gasteiger partial charge on any atom is 0.258 e. The van der Waals surface area contributed by atoms with Crippen molar-refractivity contribution in [2.24, 2.45) is 0 Å². The molecule has 7 heteroatoms. The highest BCUT2D eigenvalue weighted by atomic mass is 79.9. The van der Waals surface area contributed by atoms with Crippen molar-refractivity contribution in [3.63, 3.8) is 0 Å². The van der Waals surface area contributed by atoms with Gasteiger partial charge in [-0.25, -0.2) is 4.39 Å². The zero-order chi connectivity index (χ0) is 15.0. The summed E-state index contributed by atoms with van der Waals surface area (Å²) in [5, 5.41) is 11.5. The van der Waals surface area contributed by atoms with Crippen LogP contribution < -0.4 is 10.1 Å². The zero-order valence-corrected chi connectivity index (χ0v) is 12.7. The minimum absolute atomic E-state index is 0.00815. The lowest BCUT2D eigenvalue weighted by Crippen LogP contribution is -2.41. The van der Waals surface area contributed by atoms with Gasteiger partial charge in [-0.3, -0.25) is 4.79 Å². The Morgan fingerprint density at radius 1 is 1.55 bits per heavy atom. The van der Waals surface area contributed by atoms with Gasteiger partial charge in [0, 0.05) is 18.2 Å². The summed E-state index contributed by atoms with van der Waals surface area (Å²) in [4.78, 5) is 11.6. The van der Waals surface area contributed by atoms with Crippen molar-refractivity contribution in [3.05, 3.63) is 28.5 Å². The van der Waals surface area contributed by atoms with Crippen LogP contribution in [-0.4, -0.2) is 44.0 Å². The molecule has 1 aromatic rings.